The van der Waals surface area contributed by atoms with Crippen LogP contribution in [0.1, 0.15) is 18.1 Å². The van der Waals surface area contributed by atoms with E-state index in [1.165, 1.54) is 36.3 Å². The number of nitrogens with zero attached hydrogens (tertiary/aromatic N) is 1. The van der Waals surface area contributed by atoms with Crippen LogP contribution in [-0.2, 0) is 20.7 Å². The van der Waals surface area contributed by atoms with Gasteiger partial charge in [0.25, 0.3) is 5.91 Å². The number of hydrogen-bond acceptors (Lipinski definition) is 3. The number of allylic oxidation sites excluding steroid dienone is 1. The number of benzene rings is 2. The van der Waals surface area contributed by atoms with Crippen LogP contribution in [0.2, 0.25) is 5.02 Å². The molecule has 0 bridgehead atoms. The summed E-state index contributed by atoms with van der Waals surface area (Å²) < 4.78 is 19.1. The maximum atomic E-state index is 14.2. The Morgan fingerprint density at radius 3 is 2.54 bits per heavy atom. The SMILES string of the molecule is COC(=O)C1=C(C)N(CCc2ccccc2)C(=O)/C1=C/c1c(F)cccc1Cl. The van der Waals surface area contributed by atoms with Crippen molar-refractivity contribution in [2.45, 2.75) is 13.3 Å². The summed E-state index contributed by atoms with van der Waals surface area (Å²) in [5.74, 6) is -1.60. The first kappa shape index (κ1) is 19.8. The number of esters is 1. The van der Waals surface area contributed by atoms with E-state index in [4.69, 9.17) is 16.3 Å². The minimum absolute atomic E-state index is 0.0617. The second-order valence-corrected chi connectivity index (χ2v) is 6.74. The smallest absolute Gasteiger partial charge is 0.340 e. The van der Waals surface area contributed by atoms with Crippen LogP contribution >= 0.6 is 11.6 Å². The van der Waals surface area contributed by atoms with Crippen LogP contribution < -0.4 is 0 Å². The Morgan fingerprint density at radius 2 is 1.89 bits per heavy atom. The molecule has 6 heteroatoms. The van der Waals surface area contributed by atoms with Crippen LogP contribution in [-0.4, -0.2) is 30.4 Å². The van der Waals surface area contributed by atoms with Crippen LogP contribution in [0.25, 0.3) is 6.08 Å². The summed E-state index contributed by atoms with van der Waals surface area (Å²) in [6.07, 6.45) is 1.93. The Labute approximate surface area is 167 Å². The average molecular weight is 400 g/mol. The largest absolute Gasteiger partial charge is 0.465 e. The summed E-state index contributed by atoms with van der Waals surface area (Å²) in [5.41, 5.74) is 1.81. The van der Waals surface area contributed by atoms with Crippen molar-refractivity contribution in [3.8, 4) is 0 Å². The number of carbonyl (C=O) groups excluding carboxylic acids is 2. The summed E-state index contributed by atoms with van der Waals surface area (Å²) in [6, 6.07) is 14.0. The van der Waals surface area contributed by atoms with E-state index < -0.39 is 11.8 Å². The second-order valence-electron chi connectivity index (χ2n) is 6.34. The number of methoxy groups -OCH3 is 1. The highest BCUT2D eigenvalue weighted by Crippen LogP contribution is 2.33. The number of hydrogen-bond donors (Lipinski definition) is 0. The molecule has 1 amide bonds. The first-order valence-corrected chi connectivity index (χ1v) is 9.13. The van der Waals surface area contributed by atoms with Gasteiger partial charge in [-0.1, -0.05) is 48.0 Å². The van der Waals surface area contributed by atoms with Gasteiger partial charge in [0.2, 0.25) is 0 Å². The van der Waals surface area contributed by atoms with Gasteiger partial charge < -0.3 is 9.64 Å². The lowest BCUT2D eigenvalue weighted by atomic mass is 10.0. The molecule has 0 spiro atoms. The molecule has 2 aromatic rings. The Bertz CT molecular complexity index is 962. The zero-order valence-corrected chi connectivity index (χ0v) is 16.3. The third-order valence-electron chi connectivity index (χ3n) is 4.66. The predicted octanol–water partition coefficient (Wildman–Crippen LogP) is 4.39. The lowest BCUT2D eigenvalue weighted by Crippen LogP contribution is -2.27. The third kappa shape index (κ3) is 3.85. The molecule has 28 heavy (non-hydrogen) atoms. The van der Waals surface area contributed by atoms with Gasteiger partial charge in [0, 0.05) is 17.8 Å². The minimum Gasteiger partial charge on any atom is -0.465 e. The van der Waals surface area contributed by atoms with Crippen molar-refractivity contribution in [2.75, 3.05) is 13.7 Å². The van der Waals surface area contributed by atoms with E-state index in [0.29, 0.717) is 18.7 Å². The standard InChI is InChI=1S/C22H19ClFNO3/c1-14-20(22(27)28-2)17(13-16-18(23)9-6-10-19(16)24)21(26)25(14)12-11-15-7-4-3-5-8-15/h3-10,13H,11-12H2,1-2H3/b17-13+. The average Bonchev–Trinajstić information content (AvgIpc) is 2.93. The first-order valence-electron chi connectivity index (χ1n) is 8.75. The fraction of sp³-hybridized carbons (Fsp3) is 0.182. The van der Waals surface area contributed by atoms with E-state index in [1.807, 2.05) is 30.3 Å². The fourth-order valence-corrected chi connectivity index (χ4v) is 3.39. The molecule has 1 aliphatic rings. The number of amides is 1. The quantitative estimate of drug-likeness (QED) is 0.553. The van der Waals surface area contributed by atoms with Gasteiger partial charge in [-0.25, -0.2) is 9.18 Å². The van der Waals surface area contributed by atoms with Gasteiger partial charge in [-0.05, 0) is 37.1 Å². The molecule has 0 N–H and O–H groups in total. The molecule has 0 atom stereocenters. The highest BCUT2D eigenvalue weighted by Gasteiger charge is 2.37. The number of halogens is 2. The summed E-state index contributed by atoms with van der Waals surface area (Å²) in [7, 11) is 1.24. The molecule has 0 saturated carbocycles. The summed E-state index contributed by atoms with van der Waals surface area (Å²) in [4.78, 5) is 26.9. The fourth-order valence-electron chi connectivity index (χ4n) is 3.18. The summed E-state index contributed by atoms with van der Waals surface area (Å²) >= 11 is 6.09. The molecule has 0 fully saturated rings. The van der Waals surface area contributed by atoms with Crippen molar-refractivity contribution in [3.63, 3.8) is 0 Å². The molecule has 144 valence electrons. The van der Waals surface area contributed by atoms with Gasteiger partial charge in [-0.3, -0.25) is 4.79 Å². The topological polar surface area (TPSA) is 46.6 Å². The van der Waals surface area contributed by atoms with E-state index in [9.17, 15) is 14.0 Å². The van der Waals surface area contributed by atoms with Crippen LogP contribution in [0.3, 0.4) is 0 Å². The molecule has 3 rings (SSSR count). The second kappa shape index (κ2) is 8.40. The van der Waals surface area contributed by atoms with E-state index in [0.717, 1.165) is 5.56 Å². The zero-order chi connectivity index (χ0) is 20.3. The van der Waals surface area contributed by atoms with Gasteiger partial charge in [0.05, 0.1) is 23.3 Å². The zero-order valence-electron chi connectivity index (χ0n) is 15.5. The van der Waals surface area contributed by atoms with Crippen molar-refractivity contribution >= 4 is 29.6 Å². The molecular formula is C22H19ClFNO3. The maximum absolute atomic E-state index is 14.2. The van der Waals surface area contributed by atoms with E-state index >= 15 is 0 Å². The maximum Gasteiger partial charge on any atom is 0.340 e. The first-order chi connectivity index (χ1) is 13.4. The molecule has 1 aliphatic heterocycles. The van der Waals surface area contributed by atoms with E-state index in [-0.39, 0.29) is 27.6 Å². The molecule has 0 aliphatic carbocycles. The number of carbonyl (C=O) groups is 2. The summed E-state index contributed by atoms with van der Waals surface area (Å²) in [5, 5.41) is 0.157. The molecule has 1 heterocycles. The van der Waals surface area contributed by atoms with Gasteiger partial charge in [0.15, 0.2) is 0 Å². The molecule has 0 saturated heterocycles. The van der Waals surface area contributed by atoms with Gasteiger partial charge >= 0.3 is 5.97 Å². The van der Waals surface area contributed by atoms with Crippen molar-refractivity contribution in [1.29, 1.82) is 0 Å². The number of rotatable bonds is 5. The lowest BCUT2D eigenvalue weighted by Gasteiger charge is -2.17. The van der Waals surface area contributed by atoms with Crippen LogP contribution in [0.15, 0.2) is 65.4 Å². The Morgan fingerprint density at radius 1 is 1.18 bits per heavy atom. The highest BCUT2D eigenvalue weighted by atomic mass is 35.5. The molecule has 0 aromatic heterocycles. The van der Waals surface area contributed by atoms with Crippen LogP contribution in [0.4, 0.5) is 4.39 Å². The Kier molecular flexibility index (Phi) is 5.95. The molecule has 0 radical (unpaired) electrons. The minimum atomic E-state index is -0.647. The number of ether oxygens (including phenoxy) is 1. The van der Waals surface area contributed by atoms with Gasteiger partial charge in [-0.2, -0.15) is 0 Å². The lowest BCUT2D eigenvalue weighted by molar-refractivity contribution is -0.136. The van der Waals surface area contributed by atoms with Gasteiger partial charge in [-0.15, -0.1) is 0 Å². The van der Waals surface area contributed by atoms with Crippen molar-refractivity contribution in [1.82, 2.24) is 4.90 Å². The molecule has 2 aromatic carbocycles. The Balaban J connectivity index is 1.99. The van der Waals surface area contributed by atoms with Crippen molar-refractivity contribution in [3.05, 3.63) is 87.3 Å². The molecule has 4 nitrogen and oxygen atoms in total. The highest BCUT2D eigenvalue weighted by molar-refractivity contribution is 6.32. The predicted molar refractivity (Wildman–Crippen MR) is 106 cm³/mol. The molecule has 0 unspecified atom stereocenters. The normalized spacial score (nSPS) is 15.5. The van der Waals surface area contributed by atoms with Crippen LogP contribution in [0.5, 0.6) is 0 Å². The third-order valence-corrected chi connectivity index (χ3v) is 4.99. The van der Waals surface area contributed by atoms with Gasteiger partial charge in [0.1, 0.15) is 5.82 Å². The van der Waals surface area contributed by atoms with Crippen LogP contribution in [0, 0.1) is 5.82 Å². The van der Waals surface area contributed by atoms with E-state index in [1.54, 1.807) is 6.92 Å². The van der Waals surface area contributed by atoms with E-state index in [2.05, 4.69) is 0 Å². The Hall–Kier alpha value is -2.92. The van der Waals surface area contributed by atoms with Crippen molar-refractivity contribution < 1.29 is 18.7 Å². The van der Waals surface area contributed by atoms with Crippen molar-refractivity contribution in [2.24, 2.45) is 0 Å². The summed E-state index contributed by atoms with van der Waals surface area (Å²) in [6.45, 7) is 2.07. The monoisotopic (exact) mass is 399 g/mol. The molecular weight excluding hydrogens is 381 g/mol.